The molecule has 0 amide bonds. The lowest BCUT2D eigenvalue weighted by Gasteiger charge is -2.34. The van der Waals surface area contributed by atoms with E-state index in [9.17, 15) is 4.79 Å². The molecule has 3 rings (SSSR count). The molecule has 7 heteroatoms. The van der Waals surface area contributed by atoms with Gasteiger partial charge in [0.25, 0.3) is 0 Å². The van der Waals surface area contributed by atoms with Gasteiger partial charge < -0.3 is 10.0 Å². The molecule has 23 heavy (non-hydrogen) atoms. The topological polar surface area (TPSA) is 61.0 Å². The van der Waals surface area contributed by atoms with Crippen LogP contribution in [0.2, 0.25) is 0 Å². The Labute approximate surface area is 138 Å². The fraction of sp³-hybridized carbons (Fsp3) is 0.312. The summed E-state index contributed by atoms with van der Waals surface area (Å²) < 4.78 is 0. The Bertz CT molecular complexity index is 727. The third-order valence-electron chi connectivity index (χ3n) is 3.82. The normalized spacial score (nSPS) is 15.3. The van der Waals surface area contributed by atoms with Gasteiger partial charge in [-0.3, -0.25) is 4.90 Å². The number of carboxylic acids is 1. The molecule has 6 nitrogen and oxygen atoms in total. The molecule has 1 saturated heterocycles. The van der Waals surface area contributed by atoms with E-state index in [0.717, 1.165) is 37.9 Å². The monoisotopic (exact) mass is 328 g/mol. The number of rotatable bonds is 4. The third kappa shape index (κ3) is 3.67. The van der Waals surface area contributed by atoms with Crippen molar-refractivity contribution in [3.8, 4) is 0 Å². The molecule has 0 radical (unpaired) electrons. The predicted molar refractivity (Wildman–Crippen MR) is 89.3 cm³/mol. The fourth-order valence-corrected chi connectivity index (χ4v) is 3.35. The van der Waals surface area contributed by atoms with Gasteiger partial charge in [-0.05, 0) is 5.56 Å². The van der Waals surface area contributed by atoms with Gasteiger partial charge in [0.15, 0.2) is 10.8 Å². The quantitative estimate of drug-likeness (QED) is 0.875. The number of benzene rings is 1. The van der Waals surface area contributed by atoms with Crippen LogP contribution < -0.4 is 4.90 Å². The van der Waals surface area contributed by atoms with Crippen LogP contribution >= 0.6 is 11.3 Å². The van der Waals surface area contributed by atoms with Crippen LogP contribution in [0.1, 0.15) is 15.2 Å². The van der Waals surface area contributed by atoms with Crippen molar-refractivity contribution >= 4 is 28.1 Å². The van der Waals surface area contributed by atoms with E-state index in [1.54, 1.807) is 0 Å². The van der Waals surface area contributed by atoms with Crippen molar-refractivity contribution in [2.45, 2.75) is 6.54 Å². The molecule has 0 saturated carbocycles. The number of anilines is 1. The van der Waals surface area contributed by atoms with Crippen LogP contribution in [0.5, 0.6) is 0 Å². The number of carbonyl (C=O) groups is 1. The van der Waals surface area contributed by atoms with Gasteiger partial charge >= 0.3 is 5.97 Å². The van der Waals surface area contributed by atoms with E-state index in [4.69, 9.17) is 11.7 Å². The Hall–Kier alpha value is -2.43. The Morgan fingerprint density at radius 2 is 1.96 bits per heavy atom. The second-order valence-corrected chi connectivity index (χ2v) is 6.36. The molecule has 1 aromatic carbocycles. The van der Waals surface area contributed by atoms with Gasteiger partial charge in [-0.15, -0.1) is 0 Å². The average molecular weight is 328 g/mol. The van der Waals surface area contributed by atoms with Gasteiger partial charge in [0.05, 0.1) is 12.8 Å². The molecular weight excluding hydrogens is 312 g/mol. The Morgan fingerprint density at radius 1 is 1.26 bits per heavy atom. The second-order valence-electron chi connectivity index (χ2n) is 5.35. The standard InChI is InChI=1S/C16H16N4O2S/c1-17-13-4-2-12(3-5-13)11-19-6-8-20(9-7-19)16-18-10-14(23-16)15(21)22/h2-5,10H,6-9,11H2,(H,21,22). The number of carboxylic acid groups (broad SMARTS) is 1. The summed E-state index contributed by atoms with van der Waals surface area (Å²) in [6, 6.07) is 7.70. The summed E-state index contributed by atoms with van der Waals surface area (Å²) in [4.78, 5) is 23.3. The number of hydrogen-bond donors (Lipinski definition) is 1. The maximum Gasteiger partial charge on any atom is 0.347 e. The maximum atomic E-state index is 10.9. The summed E-state index contributed by atoms with van der Waals surface area (Å²) >= 11 is 1.23. The number of thiazole rings is 1. The highest BCUT2D eigenvalue weighted by molar-refractivity contribution is 7.17. The highest BCUT2D eigenvalue weighted by Gasteiger charge is 2.20. The highest BCUT2D eigenvalue weighted by atomic mass is 32.1. The maximum absolute atomic E-state index is 10.9. The Balaban J connectivity index is 1.55. The summed E-state index contributed by atoms with van der Waals surface area (Å²) in [6.45, 7) is 11.3. The molecule has 1 aliphatic rings. The van der Waals surface area contributed by atoms with Crippen LogP contribution in [-0.4, -0.2) is 47.1 Å². The van der Waals surface area contributed by atoms with E-state index in [0.29, 0.717) is 5.69 Å². The number of aromatic carboxylic acids is 1. The molecule has 1 N–H and O–H groups in total. The zero-order chi connectivity index (χ0) is 16.2. The lowest BCUT2D eigenvalue weighted by Crippen LogP contribution is -2.45. The first-order valence-electron chi connectivity index (χ1n) is 7.28. The first-order chi connectivity index (χ1) is 11.2. The van der Waals surface area contributed by atoms with E-state index in [-0.39, 0.29) is 4.88 Å². The van der Waals surface area contributed by atoms with Crippen molar-refractivity contribution in [2.75, 3.05) is 31.1 Å². The first-order valence-corrected chi connectivity index (χ1v) is 8.10. The number of aromatic nitrogens is 1. The van der Waals surface area contributed by atoms with Crippen LogP contribution in [0.3, 0.4) is 0 Å². The van der Waals surface area contributed by atoms with E-state index >= 15 is 0 Å². The van der Waals surface area contributed by atoms with Crippen LogP contribution in [0.25, 0.3) is 4.85 Å². The van der Waals surface area contributed by atoms with E-state index in [2.05, 4.69) is 19.6 Å². The minimum Gasteiger partial charge on any atom is -0.477 e. The Morgan fingerprint density at radius 3 is 2.52 bits per heavy atom. The van der Waals surface area contributed by atoms with Gasteiger partial charge in [-0.25, -0.2) is 14.6 Å². The third-order valence-corrected chi connectivity index (χ3v) is 4.86. The van der Waals surface area contributed by atoms with Crippen LogP contribution in [0.15, 0.2) is 30.5 Å². The van der Waals surface area contributed by atoms with Gasteiger partial charge in [0.1, 0.15) is 4.88 Å². The molecular formula is C16H16N4O2S. The Kier molecular flexibility index (Phi) is 4.55. The SMILES string of the molecule is [C-]#[N+]c1ccc(CN2CCN(c3ncc(C(=O)O)s3)CC2)cc1. The molecule has 0 bridgehead atoms. The van der Waals surface area contributed by atoms with Gasteiger partial charge in [-0.1, -0.05) is 35.6 Å². The number of hydrogen-bond acceptors (Lipinski definition) is 5. The van der Waals surface area contributed by atoms with Crippen molar-refractivity contribution in [1.29, 1.82) is 0 Å². The number of piperazine rings is 1. The summed E-state index contributed by atoms with van der Waals surface area (Å²) in [7, 11) is 0. The zero-order valence-electron chi connectivity index (χ0n) is 12.5. The molecule has 1 fully saturated rings. The second kappa shape index (κ2) is 6.77. The molecule has 0 aliphatic carbocycles. The molecule has 1 aliphatic heterocycles. The minimum atomic E-state index is -0.921. The van der Waals surface area contributed by atoms with Crippen LogP contribution in [0, 0.1) is 6.57 Å². The summed E-state index contributed by atoms with van der Waals surface area (Å²) in [5.74, 6) is -0.921. The van der Waals surface area contributed by atoms with Crippen molar-refractivity contribution < 1.29 is 9.90 Å². The van der Waals surface area contributed by atoms with E-state index < -0.39 is 5.97 Å². The van der Waals surface area contributed by atoms with Crippen molar-refractivity contribution in [3.05, 3.63) is 52.3 Å². The smallest absolute Gasteiger partial charge is 0.347 e. The van der Waals surface area contributed by atoms with Crippen molar-refractivity contribution in [2.24, 2.45) is 0 Å². The van der Waals surface area contributed by atoms with Crippen LogP contribution in [-0.2, 0) is 6.54 Å². The molecule has 0 unspecified atom stereocenters. The highest BCUT2D eigenvalue weighted by Crippen LogP contribution is 2.24. The first kappa shape index (κ1) is 15.5. The summed E-state index contributed by atoms with van der Waals surface area (Å²) in [6.07, 6.45) is 1.42. The summed E-state index contributed by atoms with van der Waals surface area (Å²) in [5, 5.41) is 9.75. The molecule has 0 atom stereocenters. The lowest BCUT2D eigenvalue weighted by molar-refractivity contribution is 0.0702. The minimum absolute atomic E-state index is 0.280. The summed E-state index contributed by atoms with van der Waals surface area (Å²) in [5.41, 5.74) is 1.87. The van der Waals surface area contributed by atoms with Crippen molar-refractivity contribution in [3.63, 3.8) is 0 Å². The molecule has 1 aromatic heterocycles. The zero-order valence-corrected chi connectivity index (χ0v) is 13.3. The van der Waals surface area contributed by atoms with E-state index in [1.807, 2.05) is 24.3 Å². The van der Waals surface area contributed by atoms with Gasteiger partial charge in [0, 0.05) is 32.7 Å². The van der Waals surface area contributed by atoms with Crippen LogP contribution in [0.4, 0.5) is 10.8 Å². The molecule has 118 valence electrons. The van der Waals surface area contributed by atoms with Gasteiger partial charge in [-0.2, -0.15) is 0 Å². The fourth-order valence-electron chi connectivity index (χ4n) is 2.54. The predicted octanol–water partition coefficient (Wildman–Crippen LogP) is 2.71. The van der Waals surface area contributed by atoms with Crippen molar-refractivity contribution in [1.82, 2.24) is 9.88 Å². The van der Waals surface area contributed by atoms with E-state index in [1.165, 1.54) is 23.1 Å². The molecule has 2 heterocycles. The average Bonchev–Trinajstić information content (AvgIpc) is 3.07. The largest absolute Gasteiger partial charge is 0.477 e. The number of nitrogens with zero attached hydrogens (tertiary/aromatic N) is 4. The lowest BCUT2D eigenvalue weighted by atomic mass is 10.2. The van der Waals surface area contributed by atoms with Gasteiger partial charge in [0.2, 0.25) is 0 Å². The molecule has 0 spiro atoms. The molecule has 2 aromatic rings.